The molecule has 0 aliphatic carbocycles. The fraction of sp³-hybridized carbons (Fsp3) is 0.278. The van der Waals surface area contributed by atoms with E-state index in [2.05, 4.69) is 0 Å². The lowest BCUT2D eigenvalue weighted by atomic mass is 10.2. The van der Waals surface area contributed by atoms with Crippen molar-refractivity contribution in [1.82, 2.24) is 4.31 Å². The van der Waals surface area contributed by atoms with Gasteiger partial charge in [0.25, 0.3) is 5.69 Å². The zero-order valence-corrected chi connectivity index (χ0v) is 16.6. The van der Waals surface area contributed by atoms with E-state index in [4.69, 9.17) is 16.3 Å². The number of nitrogens with zero attached hydrogens (tertiary/aromatic N) is 2. The highest BCUT2D eigenvalue weighted by molar-refractivity contribution is 7.89. The molecule has 0 fully saturated rings. The number of rotatable bonds is 9. The van der Waals surface area contributed by atoms with Crippen molar-refractivity contribution in [3.63, 3.8) is 0 Å². The van der Waals surface area contributed by atoms with Crippen molar-refractivity contribution in [2.45, 2.75) is 24.8 Å². The lowest BCUT2D eigenvalue weighted by molar-refractivity contribution is -0.384. The molecule has 0 aromatic heterocycles. The molecule has 0 unspecified atom stereocenters. The van der Waals surface area contributed by atoms with Gasteiger partial charge in [0.1, 0.15) is 0 Å². The Labute approximate surface area is 167 Å². The van der Waals surface area contributed by atoms with E-state index >= 15 is 0 Å². The Bertz CT molecular complexity index is 930. The van der Waals surface area contributed by atoms with Gasteiger partial charge in [0.2, 0.25) is 10.0 Å². The number of esters is 1. The number of nitro groups is 1. The molecule has 2 aromatic carbocycles. The zero-order chi connectivity index (χ0) is 20.7. The summed E-state index contributed by atoms with van der Waals surface area (Å²) in [5.74, 6) is -0.512. The average Bonchev–Trinajstić information content (AvgIpc) is 2.66. The molecule has 150 valence electrons. The molecule has 0 saturated heterocycles. The summed E-state index contributed by atoms with van der Waals surface area (Å²) in [5, 5.41) is 11.3. The summed E-state index contributed by atoms with van der Waals surface area (Å²) in [4.78, 5) is 21.8. The van der Waals surface area contributed by atoms with Gasteiger partial charge in [-0.1, -0.05) is 23.7 Å². The average molecular weight is 427 g/mol. The first kappa shape index (κ1) is 21.8. The van der Waals surface area contributed by atoms with Crippen LogP contribution in [0, 0.1) is 10.1 Å². The van der Waals surface area contributed by atoms with E-state index in [0.29, 0.717) is 10.6 Å². The van der Waals surface area contributed by atoms with Crippen LogP contribution in [0.25, 0.3) is 0 Å². The van der Waals surface area contributed by atoms with Gasteiger partial charge >= 0.3 is 5.97 Å². The van der Waals surface area contributed by atoms with Gasteiger partial charge in [-0.2, -0.15) is 4.31 Å². The maximum Gasteiger partial charge on any atom is 0.307 e. The predicted octanol–water partition coefficient (Wildman–Crippen LogP) is 3.39. The quantitative estimate of drug-likeness (QED) is 0.345. The van der Waals surface area contributed by atoms with Crippen molar-refractivity contribution in [2.75, 3.05) is 13.2 Å². The van der Waals surface area contributed by atoms with E-state index in [9.17, 15) is 23.3 Å². The summed E-state index contributed by atoms with van der Waals surface area (Å²) in [5.41, 5.74) is 0.466. The fourth-order valence-electron chi connectivity index (χ4n) is 2.42. The maximum atomic E-state index is 13.0. The minimum absolute atomic E-state index is 0.00982. The normalized spacial score (nSPS) is 11.4. The van der Waals surface area contributed by atoms with Crippen LogP contribution in [0.1, 0.15) is 18.9 Å². The molecular weight excluding hydrogens is 408 g/mol. The van der Waals surface area contributed by atoms with E-state index in [0.717, 1.165) is 16.4 Å². The Balaban J connectivity index is 2.30. The van der Waals surface area contributed by atoms with Crippen LogP contribution in [-0.4, -0.2) is 36.8 Å². The van der Waals surface area contributed by atoms with Crippen molar-refractivity contribution in [3.05, 3.63) is 69.2 Å². The number of ether oxygens (including phenoxy) is 1. The lowest BCUT2D eigenvalue weighted by Gasteiger charge is -2.22. The Hall–Kier alpha value is -2.49. The van der Waals surface area contributed by atoms with Crippen LogP contribution >= 0.6 is 11.6 Å². The van der Waals surface area contributed by atoms with Gasteiger partial charge in [-0.15, -0.1) is 0 Å². The van der Waals surface area contributed by atoms with Gasteiger partial charge in [-0.25, -0.2) is 8.42 Å². The highest BCUT2D eigenvalue weighted by Gasteiger charge is 2.26. The second-order valence-electron chi connectivity index (χ2n) is 5.77. The fourth-order valence-corrected chi connectivity index (χ4v) is 3.97. The second kappa shape index (κ2) is 9.63. The van der Waals surface area contributed by atoms with Crippen LogP contribution in [0.3, 0.4) is 0 Å². The molecule has 0 saturated carbocycles. The third kappa shape index (κ3) is 5.75. The third-order valence-electron chi connectivity index (χ3n) is 3.83. The lowest BCUT2D eigenvalue weighted by Crippen LogP contribution is -2.33. The first-order valence-corrected chi connectivity index (χ1v) is 10.2. The molecular formula is C18H19ClN2O6S. The summed E-state index contributed by atoms with van der Waals surface area (Å²) < 4.78 is 32.1. The number of nitro benzene ring substituents is 1. The van der Waals surface area contributed by atoms with Gasteiger partial charge in [0.15, 0.2) is 0 Å². The summed E-state index contributed by atoms with van der Waals surface area (Å²) in [6.07, 6.45) is -0.117. The second-order valence-corrected chi connectivity index (χ2v) is 8.15. The van der Waals surface area contributed by atoms with Crippen molar-refractivity contribution in [2.24, 2.45) is 0 Å². The van der Waals surface area contributed by atoms with Crippen LogP contribution < -0.4 is 0 Å². The number of halogens is 1. The van der Waals surface area contributed by atoms with Gasteiger partial charge < -0.3 is 4.74 Å². The summed E-state index contributed by atoms with van der Waals surface area (Å²) >= 11 is 5.86. The van der Waals surface area contributed by atoms with Crippen LogP contribution in [0.4, 0.5) is 5.69 Å². The molecule has 0 spiro atoms. The first-order chi connectivity index (χ1) is 13.2. The minimum atomic E-state index is -3.99. The van der Waals surface area contributed by atoms with E-state index in [-0.39, 0.29) is 36.7 Å². The Morgan fingerprint density at radius 1 is 1.14 bits per heavy atom. The van der Waals surface area contributed by atoms with E-state index in [1.165, 1.54) is 12.1 Å². The molecule has 0 amide bonds. The number of hydrogen-bond donors (Lipinski definition) is 0. The predicted molar refractivity (Wildman–Crippen MR) is 103 cm³/mol. The summed E-state index contributed by atoms with van der Waals surface area (Å²) in [6, 6.07) is 11.2. The van der Waals surface area contributed by atoms with Crippen molar-refractivity contribution in [1.29, 1.82) is 0 Å². The van der Waals surface area contributed by atoms with Crippen molar-refractivity contribution in [3.8, 4) is 0 Å². The molecule has 0 aliphatic heterocycles. The highest BCUT2D eigenvalue weighted by Crippen LogP contribution is 2.22. The Morgan fingerprint density at radius 3 is 2.29 bits per heavy atom. The van der Waals surface area contributed by atoms with Gasteiger partial charge in [-0.05, 0) is 36.8 Å². The topological polar surface area (TPSA) is 107 Å². The van der Waals surface area contributed by atoms with Gasteiger partial charge in [0.05, 0.1) is 22.8 Å². The van der Waals surface area contributed by atoms with Crippen LogP contribution in [-0.2, 0) is 26.1 Å². The van der Waals surface area contributed by atoms with Gasteiger partial charge in [0, 0.05) is 30.2 Å². The van der Waals surface area contributed by atoms with Crippen molar-refractivity contribution >= 4 is 33.3 Å². The molecule has 0 heterocycles. The molecule has 28 heavy (non-hydrogen) atoms. The van der Waals surface area contributed by atoms with E-state index < -0.39 is 20.9 Å². The third-order valence-corrected chi connectivity index (χ3v) is 5.94. The molecule has 0 atom stereocenters. The standard InChI is InChI=1S/C18H19ClN2O6S/c1-2-27-18(22)11-12-20(13-14-3-5-15(19)6-4-14)28(25,26)17-9-7-16(8-10-17)21(23)24/h3-10H,2,11-13H2,1H3. The number of sulfonamides is 1. The molecule has 0 radical (unpaired) electrons. The van der Waals surface area contributed by atoms with Crippen molar-refractivity contribution < 1.29 is 22.9 Å². The smallest absolute Gasteiger partial charge is 0.307 e. The molecule has 10 heteroatoms. The number of hydrogen-bond acceptors (Lipinski definition) is 6. The molecule has 2 rings (SSSR count). The molecule has 8 nitrogen and oxygen atoms in total. The maximum absolute atomic E-state index is 13.0. The summed E-state index contributed by atoms with van der Waals surface area (Å²) in [7, 11) is -3.99. The number of carbonyl (C=O) groups excluding carboxylic acids is 1. The van der Waals surface area contributed by atoms with Crippen LogP contribution in [0.5, 0.6) is 0 Å². The number of benzene rings is 2. The molecule has 2 aromatic rings. The Morgan fingerprint density at radius 2 is 1.75 bits per heavy atom. The first-order valence-electron chi connectivity index (χ1n) is 8.38. The molecule has 0 aliphatic rings. The molecule has 0 N–H and O–H groups in total. The van der Waals surface area contributed by atoms with Gasteiger partial charge in [-0.3, -0.25) is 14.9 Å². The van der Waals surface area contributed by atoms with E-state index in [1.807, 2.05) is 0 Å². The summed E-state index contributed by atoms with van der Waals surface area (Å²) in [6.45, 7) is 1.78. The molecule has 0 bridgehead atoms. The largest absolute Gasteiger partial charge is 0.466 e. The zero-order valence-electron chi connectivity index (χ0n) is 15.1. The minimum Gasteiger partial charge on any atom is -0.466 e. The SMILES string of the molecule is CCOC(=O)CCN(Cc1ccc(Cl)cc1)S(=O)(=O)c1ccc([N+](=O)[O-])cc1. The number of non-ortho nitro benzene ring substituents is 1. The highest BCUT2D eigenvalue weighted by atomic mass is 35.5. The van der Waals surface area contributed by atoms with Crippen LogP contribution in [0.2, 0.25) is 5.02 Å². The number of carbonyl (C=O) groups is 1. The monoisotopic (exact) mass is 426 g/mol. The van der Waals surface area contributed by atoms with E-state index in [1.54, 1.807) is 31.2 Å². The van der Waals surface area contributed by atoms with Crippen LogP contribution in [0.15, 0.2) is 53.4 Å². The Kier molecular flexibility index (Phi) is 7.50.